The van der Waals surface area contributed by atoms with Gasteiger partial charge in [-0.25, -0.2) is 12.7 Å². The molecule has 1 aromatic rings. The summed E-state index contributed by atoms with van der Waals surface area (Å²) in [6.45, 7) is 1.59. The maximum Gasteiger partial charge on any atom is 0.291 e. The van der Waals surface area contributed by atoms with E-state index < -0.39 is 31.6 Å². The molecule has 3 N–H and O–H groups in total. The van der Waals surface area contributed by atoms with Crippen molar-refractivity contribution in [3.63, 3.8) is 0 Å². The number of nitrogens with zero attached hydrogens (tertiary/aromatic N) is 2. The number of nitrogens with two attached hydrogens (primary N) is 1. The van der Waals surface area contributed by atoms with Gasteiger partial charge in [-0.3, -0.25) is 10.1 Å². The smallest absolute Gasteiger partial charge is 0.291 e. The Balaban J connectivity index is 3.18. The van der Waals surface area contributed by atoms with Gasteiger partial charge in [0.1, 0.15) is 0 Å². The molecule has 0 aliphatic carbocycles. The minimum absolute atomic E-state index is 0.0571. The minimum atomic E-state index is -4.00. The first-order valence-corrected chi connectivity index (χ1v) is 7.28. The normalized spacial score (nSPS) is 13.4. The largest absolute Gasteiger partial charge is 0.399 e. The van der Waals surface area contributed by atoms with E-state index in [0.29, 0.717) is 0 Å². The Morgan fingerprint density at radius 1 is 1.50 bits per heavy atom. The van der Waals surface area contributed by atoms with Crippen molar-refractivity contribution in [3.05, 3.63) is 28.3 Å². The van der Waals surface area contributed by atoms with Crippen molar-refractivity contribution in [2.45, 2.75) is 24.3 Å². The van der Waals surface area contributed by atoms with Crippen molar-refractivity contribution >= 4 is 21.4 Å². The van der Waals surface area contributed by atoms with Crippen LogP contribution >= 0.6 is 0 Å². The standard InChI is InChI=1S/C11H17N3O5S/c1-8(15)5-6-13(2)20(18,19)11-4-3-9(12)7-10(11)14(16)17/h3-4,7-8,15H,5-6,12H2,1-2H3. The highest BCUT2D eigenvalue weighted by Gasteiger charge is 2.29. The molecule has 0 amide bonds. The Morgan fingerprint density at radius 3 is 2.60 bits per heavy atom. The van der Waals surface area contributed by atoms with Gasteiger partial charge in [0.15, 0.2) is 4.90 Å². The Morgan fingerprint density at radius 2 is 2.10 bits per heavy atom. The van der Waals surface area contributed by atoms with E-state index in [4.69, 9.17) is 5.73 Å². The molecule has 0 aliphatic rings. The molecule has 0 bridgehead atoms. The molecular weight excluding hydrogens is 286 g/mol. The number of hydrogen-bond donors (Lipinski definition) is 2. The molecular formula is C11H17N3O5S. The molecule has 1 atom stereocenters. The molecule has 1 unspecified atom stereocenters. The number of rotatable bonds is 6. The number of nitro benzene ring substituents is 1. The highest BCUT2D eigenvalue weighted by molar-refractivity contribution is 7.89. The molecule has 20 heavy (non-hydrogen) atoms. The summed E-state index contributed by atoms with van der Waals surface area (Å²) >= 11 is 0. The summed E-state index contributed by atoms with van der Waals surface area (Å²) < 4.78 is 25.5. The Kier molecular flexibility index (Phi) is 5.03. The van der Waals surface area contributed by atoms with Gasteiger partial charge in [-0.2, -0.15) is 0 Å². The summed E-state index contributed by atoms with van der Waals surface area (Å²) in [6, 6.07) is 3.42. The fraction of sp³-hybridized carbons (Fsp3) is 0.455. The van der Waals surface area contributed by atoms with Gasteiger partial charge >= 0.3 is 0 Å². The van der Waals surface area contributed by atoms with Crippen LogP contribution in [0.2, 0.25) is 0 Å². The molecule has 0 saturated heterocycles. The molecule has 112 valence electrons. The molecule has 0 spiro atoms. The van der Waals surface area contributed by atoms with Gasteiger partial charge < -0.3 is 10.8 Å². The van der Waals surface area contributed by atoms with Gasteiger partial charge in [0.2, 0.25) is 10.0 Å². The zero-order chi connectivity index (χ0) is 15.5. The minimum Gasteiger partial charge on any atom is -0.399 e. The lowest BCUT2D eigenvalue weighted by Crippen LogP contribution is -2.30. The monoisotopic (exact) mass is 303 g/mol. The molecule has 0 aliphatic heterocycles. The predicted octanol–water partition coefficient (Wildman–Crippen LogP) is 0.568. The van der Waals surface area contributed by atoms with E-state index >= 15 is 0 Å². The Labute approximate surface area is 117 Å². The summed E-state index contributed by atoms with van der Waals surface area (Å²) in [5.41, 5.74) is 4.99. The third kappa shape index (κ3) is 3.65. The van der Waals surface area contributed by atoms with Gasteiger partial charge in [-0.15, -0.1) is 0 Å². The van der Waals surface area contributed by atoms with E-state index in [1.54, 1.807) is 0 Å². The number of aliphatic hydroxyl groups is 1. The van der Waals surface area contributed by atoms with E-state index in [2.05, 4.69) is 0 Å². The van der Waals surface area contributed by atoms with Crippen LogP contribution in [0, 0.1) is 10.1 Å². The van der Waals surface area contributed by atoms with Crippen LogP contribution in [0.25, 0.3) is 0 Å². The van der Waals surface area contributed by atoms with Crippen LogP contribution in [0.1, 0.15) is 13.3 Å². The first-order chi connectivity index (χ1) is 9.16. The zero-order valence-corrected chi connectivity index (χ0v) is 12.0. The van der Waals surface area contributed by atoms with E-state index in [1.807, 2.05) is 0 Å². The van der Waals surface area contributed by atoms with Crippen molar-refractivity contribution in [2.24, 2.45) is 0 Å². The summed E-state index contributed by atoms with van der Waals surface area (Å²) in [5, 5.41) is 20.1. The summed E-state index contributed by atoms with van der Waals surface area (Å²) in [6.07, 6.45) is -0.424. The van der Waals surface area contributed by atoms with Crippen molar-refractivity contribution < 1.29 is 18.4 Å². The third-order valence-electron chi connectivity index (χ3n) is 2.73. The quantitative estimate of drug-likeness (QED) is 0.449. The number of sulfonamides is 1. The van der Waals surface area contributed by atoms with Gasteiger partial charge in [-0.1, -0.05) is 0 Å². The van der Waals surface area contributed by atoms with Crippen molar-refractivity contribution in [2.75, 3.05) is 19.3 Å². The molecule has 0 fully saturated rings. The highest BCUT2D eigenvalue weighted by Crippen LogP contribution is 2.28. The molecule has 1 aromatic carbocycles. The topological polar surface area (TPSA) is 127 Å². The van der Waals surface area contributed by atoms with Crippen LogP contribution < -0.4 is 5.73 Å². The van der Waals surface area contributed by atoms with E-state index in [-0.39, 0.29) is 18.7 Å². The number of aliphatic hydroxyl groups excluding tert-OH is 1. The average Bonchev–Trinajstić information content (AvgIpc) is 2.35. The summed E-state index contributed by atoms with van der Waals surface area (Å²) in [4.78, 5) is 9.74. The highest BCUT2D eigenvalue weighted by atomic mass is 32.2. The molecule has 9 heteroatoms. The maximum atomic E-state index is 12.3. The van der Waals surface area contributed by atoms with Gasteiger partial charge in [-0.05, 0) is 25.5 Å². The molecule has 0 radical (unpaired) electrons. The van der Waals surface area contributed by atoms with Crippen LogP contribution in [0.5, 0.6) is 0 Å². The first-order valence-electron chi connectivity index (χ1n) is 5.84. The summed E-state index contributed by atoms with van der Waals surface area (Å²) in [5.74, 6) is 0. The number of nitro groups is 1. The Hall–Kier alpha value is -1.71. The molecule has 8 nitrogen and oxygen atoms in total. The SMILES string of the molecule is CC(O)CCN(C)S(=O)(=O)c1ccc(N)cc1[N+](=O)[O-]. The lowest BCUT2D eigenvalue weighted by atomic mass is 10.3. The fourth-order valence-corrected chi connectivity index (χ4v) is 2.87. The van der Waals surface area contributed by atoms with Crippen LogP contribution in [0.3, 0.4) is 0 Å². The summed E-state index contributed by atoms with van der Waals surface area (Å²) in [7, 11) is -2.70. The third-order valence-corrected chi connectivity index (χ3v) is 4.63. The van der Waals surface area contributed by atoms with Crippen LogP contribution in [-0.4, -0.2) is 42.4 Å². The molecule has 0 saturated carbocycles. The second kappa shape index (κ2) is 6.16. The van der Waals surface area contributed by atoms with Crippen LogP contribution in [0.4, 0.5) is 11.4 Å². The number of benzene rings is 1. The van der Waals surface area contributed by atoms with Gasteiger partial charge in [0.05, 0.1) is 11.0 Å². The number of hydrogen-bond acceptors (Lipinski definition) is 6. The fourth-order valence-electron chi connectivity index (χ4n) is 1.55. The van der Waals surface area contributed by atoms with Crippen LogP contribution in [-0.2, 0) is 10.0 Å². The number of nitrogen functional groups attached to an aromatic ring is 1. The van der Waals surface area contributed by atoms with Crippen LogP contribution in [0.15, 0.2) is 23.1 Å². The van der Waals surface area contributed by atoms with Crippen molar-refractivity contribution in [1.29, 1.82) is 0 Å². The van der Waals surface area contributed by atoms with E-state index in [9.17, 15) is 23.6 Å². The zero-order valence-electron chi connectivity index (χ0n) is 11.2. The average molecular weight is 303 g/mol. The lowest BCUT2D eigenvalue weighted by Gasteiger charge is -2.18. The van der Waals surface area contributed by atoms with E-state index in [1.165, 1.54) is 20.0 Å². The second-order valence-corrected chi connectivity index (χ2v) is 6.46. The first kappa shape index (κ1) is 16.3. The van der Waals surface area contributed by atoms with E-state index in [0.717, 1.165) is 16.4 Å². The maximum absolute atomic E-state index is 12.3. The predicted molar refractivity (Wildman–Crippen MR) is 73.6 cm³/mol. The molecule has 0 aromatic heterocycles. The van der Waals surface area contributed by atoms with Gasteiger partial charge in [0.25, 0.3) is 5.69 Å². The lowest BCUT2D eigenvalue weighted by molar-refractivity contribution is -0.387. The van der Waals surface area contributed by atoms with Crippen molar-refractivity contribution in [1.82, 2.24) is 4.31 Å². The molecule has 0 heterocycles. The second-order valence-electron chi connectivity index (χ2n) is 4.45. The molecule has 1 rings (SSSR count). The Bertz CT molecular complexity index is 600. The van der Waals surface area contributed by atoms with Gasteiger partial charge in [0, 0.05) is 25.3 Å². The number of anilines is 1. The van der Waals surface area contributed by atoms with Crippen molar-refractivity contribution in [3.8, 4) is 0 Å².